The number of carbonyl (C=O) groups is 1. The van der Waals surface area contributed by atoms with Gasteiger partial charge in [0.25, 0.3) is 0 Å². The van der Waals surface area contributed by atoms with E-state index in [-0.39, 0.29) is 0 Å². The quantitative estimate of drug-likeness (QED) is 0.930. The SMILES string of the molecule is CCC1(C)NC(c2cccc(C)c2)N(CC(F)(F)F)C1=O. The van der Waals surface area contributed by atoms with E-state index < -0.39 is 30.3 Å². The fourth-order valence-electron chi connectivity index (χ4n) is 2.59. The summed E-state index contributed by atoms with van der Waals surface area (Å²) in [5.74, 6) is -0.506. The molecule has 1 aromatic carbocycles. The van der Waals surface area contributed by atoms with Gasteiger partial charge in [0.05, 0.1) is 5.54 Å². The monoisotopic (exact) mass is 300 g/mol. The van der Waals surface area contributed by atoms with Crippen LogP contribution in [0.2, 0.25) is 0 Å². The first kappa shape index (κ1) is 15.8. The highest BCUT2D eigenvalue weighted by molar-refractivity contribution is 5.88. The second kappa shape index (κ2) is 5.33. The zero-order chi connectivity index (χ0) is 15.8. The van der Waals surface area contributed by atoms with Crippen molar-refractivity contribution in [2.24, 2.45) is 0 Å². The van der Waals surface area contributed by atoms with Crippen molar-refractivity contribution in [2.45, 2.75) is 45.1 Å². The van der Waals surface area contributed by atoms with Crippen molar-refractivity contribution in [3.05, 3.63) is 35.4 Å². The zero-order valence-corrected chi connectivity index (χ0v) is 12.3. The Morgan fingerprint density at radius 2 is 2.05 bits per heavy atom. The van der Waals surface area contributed by atoms with E-state index in [9.17, 15) is 18.0 Å². The molecule has 1 aliphatic rings. The minimum absolute atomic E-state index is 0.433. The maximum absolute atomic E-state index is 12.8. The van der Waals surface area contributed by atoms with Gasteiger partial charge in [-0.3, -0.25) is 10.1 Å². The Morgan fingerprint density at radius 3 is 2.57 bits per heavy atom. The molecule has 3 nitrogen and oxygen atoms in total. The van der Waals surface area contributed by atoms with Crippen molar-refractivity contribution in [1.29, 1.82) is 0 Å². The van der Waals surface area contributed by atoms with Crippen molar-refractivity contribution in [3.8, 4) is 0 Å². The lowest BCUT2D eigenvalue weighted by Crippen LogP contribution is -2.44. The van der Waals surface area contributed by atoms with E-state index >= 15 is 0 Å². The number of hydrogen-bond donors (Lipinski definition) is 1. The minimum Gasteiger partial charge on any atom is -0.312 e. The molecule has 0 saturated carbocycles. The van der Waals surface area contributed by atoms with Crippen molar-refractivity contribution in [2.75, 3.05) is 6.54 Å². The van der Waals surface area contributed by atoms with E-state index in [1.54, 1.807) is 32.0 Å². The fraction of sp³-hybridized carbons (Fsp3) is 0.533. The van der Waals surface area contributed by atoms with Crippen LogP contribution in [0.1, 0.15) is 37.6 Å². The Bertz CT molecular complexity index is 544. The van der Waals surface area contributed by atoms with Gasteiger partial charge in [-0.1, -0.05) is 36.8 Å². The number of carbonyl (C=O) groups excluding carboxylic acids is 1. The first-order valence-corrected chi connectivity index (χ1v) is 6.88. The fourth-order valence-corrected chi connectivity index (χ4v) is 2.59. The van der Waals surface area contributed by atoms with E-state index in [4.69, 9.17) is 0 Å². The molecule has 0 aliphatic carbocycles. The van der Waals surface area contributed by atoms with Crippen LogP contribution >= 0.6 is 0 Å². The number of rotatable bonds is 3. The van der Waals surface area contributed by atoms with Crippen LogP contribution in [0.4, 0.5) is 13.2 Å². The number of halogens is 3. The van der Waals surface area contributed by atoms with Crippen LogP contribution < -0.4 is 5.32 Å². The van der Waals surface area contributed by atoms with Gasteiger partial charge in [0.1, 0.15) is 12.7 Å². The van der Waals surface area contributed by atoms with Gasteiger partial charge in [0, 0.05) is 0 Å². The number of alkyl halides is 3. The Kier molecular flexibility index (Phi) is 4.02. The third-order valence-corrected chi connectivity index (χ3v) is 3.91. The first-order chi connectivity index (χ1) is 9.66. The topological polar surface area (TPSA) is 32.3 Å². The number of nitrogens with zero attached hydrogens (tertiary/aromatic N) is 1. The summed E-state index contributed by atoms with van der Waals surface area (Å²) in [4.78, 5) is 13.3. The van der Waals surface area contributed by atoms with Crippen molar-refractivity contribution < 1.29 is 18.0 Å². The molecule has 1 aromatic rings. The van der Waals surface area contributed by atoms with E-state index in [0.717, 1.165) is 10.5 Å². The standard InChI is InChI=1S/C15H19F3N2O/c1-4-14(3)13(21)20(9-15(16,17)18)12(19-14)11-7-5-6-10(2)8-11/h5-8,12,19H,4,9H2,1-3H3. The highest BCUT2D eigenvalue weighted by atomic mass is 19.4. The molecular weight excluding hydrogens is 281 g/mol. The Balaban J connectivity index is 2.39. The molecule has 1 saturated heterocycles. The van der Waals surface area contributed by atoms with Gasteiger partial charge in [-0.15, -0.1) is 0 Å². The molecule has 1 N–H and O–H groups in total. The Morgan fingerprint density at radius 1 is 1.38 bits per heavy atom. The molecule has 2 atom stereocenters. The molecule has 1 fully saturated rings. The van der Waals surface area contributed by atoms with E-state index in [1.807, 2.05) is 13.0 Å². The Labute approximate surface area is 122 Å². The van der Waals surface area contributed by atoms with Crippen LogP contribution in [-0.2, 0) is 4.79 Å². The van der Waals surface area contributed by atoms with Gasteiger partial charge in [-0.2, -0.15) is 13.2 Å². The normalized spacial score (nSPS) is 26.5. The smallest absolute Gasteiger partial charge is 0.312 e. The molecule has 0 spiro atoms. The third kappa shape index (κ3) is 3.20. The van der Waals surface area contributed by atoms with Crippen LogP contribution in [0.5, 0.6) is 0 Å². The van der Waals surface area contributed by atoms with E-state index in [1.165, 1.54) is 0 Å². The van der Waals surface area contributed by atoms with Crippen LogP contribution in [0.3, 0.4) is 0 Å². The van der Waals surface area contributed by atoms with Crippen molar-refractivity contribution >= 4 is 5.91 Å². The summed E-state index contributed by atoms with van der Waals surface area (Å²) < 4.78 is 38.3. The third-order valence-electron chi connectivity index (χ3n) is 3.91. The van der Waals surface area contributed by atoms with Crippen LogP contribution in [0.25, 0.3) is 0 Å². The molecule has 6 heteroatoms. The molecule has 0 aromatic heterocycles. The minimum atomic E-state index is -4.42. The summed E-state index contributed by atoms with van der Waals surface area (Å²) >= 11 is 0. The lowest BCUT2D eigenvalue weighted by molar-refractivity contribution is -0.162. The van der Waals surface area contributed by atoms with Crippen molar-refractivity contribution in [3.63, 3.8) is 0 Å². The molecule has 1 amide bonds. The van der Waals surface area contributed by atoms with Gasteiger partial charge in [-0.25, -0.2) is 0 Å². The largest absolute Gasteiger partial charge is 0.406 e. The van der Waals surface area contributed by atoms with Crippen LogP contribution in [0.15, 0.2) is 24.3 Å². The predicted molar refractivity (Wildman–Crippen MR) is 73.5 cm³/mol. The molecule has 2 unspecified atom stereocenters. The van der Waals surface area contributed by atoms with Crippen molar-refractivity contribution in [1.82, 2.24) is 10.2 Å². The van der Waals surface area contributed by atoms with E-state index in [0.29, 0.717) is 12.0 Å². The van der Waals surface area contributed by atoms with Crippen LogP contribution in [0, 0.1) is 6.92 Å². The summed E-state index contributed by atoms with van der Waals surface area (Å²) in [6.45, 7) is 4.06. The highest BCUT2D eigenvalue weighted by Gasteiger charge is 2.50. The average Bonchev–Trinajstić information content (AvgIpc) is 2.63. The molecule has 0 bridgehead atoms. The first-order valence-electron chi connectivity index (χ1n) is 6.88. The maximum atomic E-state index is 12.8. The Hall–Kier alpha value is -1.56. The van der Waals surface area contributed by atoms with Gasteiger partial charge < -0.3 is 4.90 Å². The number of nitrogens with one attached hydrogen (secondary N) is 1. The summed E-state index contributed by atoms with van der Waals surface area (Å²) in [6.07, 6.45) is -4.73. The summed E-state index contributed by atoms with van der Waals surface area (Å²) in [7, 11) is 0. The lowest BCUT2D eigenvalue weighted by Gasteiger charge is -2.25. The predicted octanol–water partition coefficient (Wildman–Crippen LogP) is 3.16. The highest BCUT2D eigenvalue weighted by Crippen LogP contribution is 2.35. The number of hydrogen-bond acceptors (Lipinski definition) is 2. The van der Waals surface area contributed by atoms with Gasteiger partial charge in [0.15, 0.2) is 0 Å². The number of amides is 1. The van der Waals surface area contributed by atoms with E-state index in [2.05, 4.69) is 5.32 Å². The zero-order valence-electron chi connectivity index (χ0n) is 12.3. The second-order valence-electron chi connectivity index (χ2n) is 5.69. The van der Waals surface area contributed by atoms with Crippen LogP contribution in [-0.4, -0.2) is 29.1 Å². The molecule has 116 valence electrons. The number of benzene rings is 1. The summed E-state index contributed by atoms with van der Waals surface area (Å²) in [6, 6.07) is 7.19. The molecule has 2 rings (SSSR count). The lowest BCUT2D eigenvalue weighted by atomic mass is 9.99. The molecule has 0 radical (unpaired) electrons. The van der Waals surface area contributed by atoms with Gasteiger partial charge >= 0.3 is 6.18 Å². The number of aryl methyl sites for hydroxylation is 1. The second-order valence-corrected chi connectivity index (χ2v) is 5.69. The summed E-state index contributed by atoms with van der Waals surface area (Å²) in [5.41, 5.74) is 0.656. The average molecular weight is 300 g/mol. The molecular formula is C15H19F3N2O. The maximum Gasteiger partial charge on any atom is 0.406 e. The van der Waals surface area contributed by atoms with Gasteiger partial charge in [-0.05, 0) is 25.8 Å². The molecule has 1 aliphatic heterocycles. The molecule has 21 heavy (non-hydrogen) atoms. The summed E-state index contributed by atoms with van der Waals surface area (Å²) in [5, 5.41) is 3.06. The van der Waals surface area contributed by atoms with Gasteiger partial charge in [0.2, 0.25) is 5.91 Å². The molecule has 1 heterocycles.